The maximum absolute atomic E-state index is 4.26. The second kappa shape index (κ2) is 6.40. The minimum absolute atomic E-state index is 0.917. The molecule has 3 heteroatoms. The highest BCUT2D eigenvalue weighted by atomic mass is 79.9. The molecule has 0 radical (unpaired) electrons. The van der Waals surface area contributed by atoms with Gasteiger partial charge in [-0.05, 0) is 46.5 Å². The molecule has 0 saturated heterocycles. The van der Waals surface area contributed by atoms with Gasteiger partial charge < -0.3 is 5.32 Å². The van der Waals surface area contributed by atoms with Crippen LogP contribution in [0.4, 0.5) is 5.82 Å². The van der Waals surface area contributed by atoms with E-state index in [4.69, 9.17) is 0 Å². The quantitative estimate of drug-likeness (QED) is 0.845. The van der Waals surface area contributed by atoms with Crippen molar-refractivity contribution in [3.8, 4) is 0 Å². The zero-order chi connectivity index (χ0) is 11.9. The predicted molar refractivity (Wildman–Crippen MR) is 75.2 cm³/mol. The summed E-state index contributed by atoms with van der Waals surface area (Å²) in [5, 5.41) is 3.33. The maximum atomic E-state index is 4.26. The molecule has 0 aliphatic heterocycles. The molecule has 88 valence electrons. The lowest BCUT2D eigenvalue weighted by Gasteiger charge is -2.06. The van der Waals surface area contributed by atoms with Crippen molar-refractivity contribution >= 4 is 21.7 Å². The number of halogens is 1. The van der Waals surface area contributed by atoms with Crippen LogP contribution in [0.25, 0.3) is 0 Å². The minimum atomic E-state index is 0.917. The van der Waals surface area contributed by atoms with Gasteiger partial charge in [-0.1, -0.05) is 30.3 Å². The lowest BCUT2D eigenvalue weighted by molar-refractivity contribution is 0.858. The summed E-state index contributed by atoms with van der Waals surface area (Å²) in [5.74, 6) is 0.917. The van der Waals surface area contributed by atoms with Crippen LogP contribution in [0.1, 0.15) is 12.0 Å². The van der Waals surface area contributed by atoms with Crippen LogP contribution in [0.3, 0.4) is 0 Å². The van der Waals surface area contributed by atoms with Crippen molar-refractivity contribution in [3.63, 3.8) is 0 Å². The third kappa shape index (κ3) is 3.86. The molecular weight excluding hydrogens is 276 g/mol. The first-order valence-electron chi connectivity index (χ1n) is 5.74. The minimum Gasteiger partial charge on any atom is -0.369 e. The molecule has 0 unspecified atom stereocenters. The molecule has 2 rings (SSSR count). The van der Waals surface area contributed by atoms with E-state index in [1.165, 1.54) is 5.56 Å². The largest absolute Gasteiger partial charge is 0.369 e. The van der Waals surface area contributed by atoms with Crippen molar-refractivity contribution in [2.45, 2.75) is 12.8 Å². The topological polar surface area (TPSA) is 24.9 Å². The Labute approximate surface area is 110 Å². The maximum Gasteiger partial charge on any atom is 0.140 e. The molecule has 1 N–H and O–H groups in total. The van der Waals surface area contributed by atoms with Crippen LogP contribution in [0, 0.1) is 0 Å². The van der Waals surface area contributed by atoms with Crippen molar-refractivity contribution in [2.24, 2.45) is 0 Å². The molecule has 0 atom stereocenters. The number of hydrogen-bond acceptors (Lipinski definition) is 2. The van der Waals surface area contributed by atoms with Crippen LogP contribution in [0.15, 0.2) is 53.1 Å². The first-order chi connectivity index (χ1) is 8.36. The molecule has 0 amide bonds. The summed E-state index contributed by atoms with van der Waals surface area (Å²) in [7, 11) is 0. The van der Waals surface area contributed by atoms with Crippen LogP contribution in [-0.2, 0) is 6.42 Å². The molecule has 1 aromatic carbocycles. The molecule has 0 bridgehead atoms. The zero-order valence-electron chi connectivity index (χ0n) is 9.57. The Bertz CT molecular complexity index is 457. The van der Waals surface area contributed by atoms with Gasteiger partial charge in [-0.3, -0.25) is 0 Å². The average molecular weight is 291 g/mol. The molecular formula is C14H15BrN2. The third-order valence-electron chi connectivity index (χ3n) is 2.54. The van der Waals surface area contributed by atoms with Crippen LogP contribution in [0.2, 0.25) is 0 Å². The Morgan fingerprint density at radius 3 is 2.65 bits per heavy atom. The Hall–Kier alpha value is -1.35. The van der Waals surface area contributed by atoms with Gasteiger partial charge in [-0.15, -0.1) is 0 Å². The molecule has 1 heterocycles. The van der Waals surface area contributed by atoms with Gasteiger partial charge in [0.15, 0.2) is 0 Å². The Balaban J connectivity index is 1.76. The first kappa shape index (κ1) is 12.1. The first-order valence-corrected chi connectivity index (χ1v) is 6.54. The van der Waals surface area contributed by atoms with E-state index in [0.29, 0.717) is 0 Å². The van der Waals surface area contributed by atoms with E-state index >= 15 is 0 Å². The van der Waals surface area contributed by atoms with Gasteiger partial charge in [0, 0.05) is 12.7 Å². The number of aryl methyl sites for hydroxylation is 1. The van der Waals surface area contributed by atoms with Gasteiger partial charge >= 0.3 is 0 Å². The molecule has 17 heavy (non-hydrogen) atoms. The number of pyridine rings is 1. The Morgan fingerprint density at radius 1 is 1.06 bits per heavy atom. The number of hydrogen-bond donors (Lipinski definition) is 1. The van der Waals surface area contributed by atoms with Gasteiger partial charge in [-0.2, -0.15) is 0 Å². The van der Waals surface area contributed by atoms with E-state index in [-0.39, 0.29) is 0 Å². The Morgan fingerprint density at radius 2 is 1.88 bits per heavy atom. The second-order valence-electron chi connectivity index (χ2n) is 3.85. The highest BCUT2D eigenvalue weighted by Gasteiger charge is 1.98. The lowest BCUT2D eigenvalue weighted by Crippen LogP contribution is -2.04. The van der Waals surface area contributed by atoms with Crippen molar-refractivity contribution in [1.82, 2.24) is 4.98 Å². The van der Waals surface area contributed by atoms with Gasteiger partial charge in [0.05, 0.1) is 4.47 Å². The van der Waals surface area contributed by atoms with E-state index in [1.807, 2.05) is 18.2 Å². The number of benzene rings is 1. The lowest BCUT2D eigenvalue weighted by atomic mass is 10.1. The van der Waals surface area contributed by atoms with Gasteiger partial charge in [-0.25, -0.2) is 4.98 Å². The van der Waals surface area contributed by atoms with Crippen LogP contribution in [0.5, 0.6) is 0 Å². The van der Waals surface area contributed by atoms with Crippen molar-refractivity contribution in [3.05, 3.63) is 58.7 Å². The standard InChI is InChI=1S/C14H15BrN2/c15-13-9-5-11-17-14(13)16-10-4-8-12-6-2-1-3-7-12/h1-3,5-7,9,11H,4,8,10H2,(H,16,17). The Kier molecular flexibility index (Phi) is 4.56. The molecule has 2 aromatic rings. The summed E-state index contributed by atoms with van der Waals surface area (Å²) in [6.45, 7) is 0.935. The van der Waals surface area contributed by atoms with E-state index in [1.54, 1.807) is 6.20 Å². The van der Waals surface area contributed by atoms with Crippen LogP contribution < -0.4 is 5.32 Å². The molecule has 0 aliphatic rings. The fraction of sp³-hybridized carbons (Fsp3) is 0.214. The monoisotopic (exact) mass is 290 g/mol. The highest BCUT2D eigenvalue weighted by molar-refractivity contribution is 9.10. The molecule has 0 fully saturated rings. The average Bonchev–Trinajstić information content (AvgIpc) is 2.38. The summed E-state index contributed by atoms with van der Waals surface area (Å²) in [6.07, 6.45) is 4.00. The smallest absolute Gasteiger partial charge is 0.140 e. The summed E-state index contributed by atoms with van der Waals surface area (Å²) in [6, 6.07) is 14.4. The zero-order valence-corrected chi connectivity index (χ0v) is 11.2. The predicted octanol–water partition coefficient (Wildman–Crippen LogP) is 3.89. The van der Waals surface area contributed by atoms with Crippen molar-refractivity contribution in [1.29, 1.82) is 0 Å². The van der Waals surface area contributed by atoms with E-state index in [2.05, 4.69) is 50.5 Å². The molecule has 0 aliphatic carbocycles. The molecule has 0 saturated carbocycles. The fourth-order valence-corrected chi connectivity index (χ4v) is 2.05. The molecule has 1 aromatic heterocycles. The third-order valence-corrected chi connectivity index (χ3v) is 3.18. The number of anilines is 1. The number of aromatic nitrogens is 1. The van der Waals surface area contributed by atoms with Crippen LogP contribution >= 0.6 is 15.9 Å². The van der Waals surface area contributed by atoms with E-state index in [0.717, 1.165) is 29.7 Å². The highest BCUT2D eigenvalue weighted by Crippen LogP contribution is 2.18. The number of rotatable bonds is 5. The van der Waals surface area contributed by atoms with E-state index < -0.39 is 0 Å². The summed E-state index contributed by atoms with van der Waals surface area (Å²) in [4.78, 5) is 4.26. The van der Waals surface area contributed by atoms with Gasteiger partial charge in [0.2, 0.25) is 0 Å². The van der Waals surface area contributed by atoms with E-state index in [9.17, 15) is 0 Å². The summed E-state index contributed by atoms with van der Waals surface area (Å²) < 4.78 is 1.01. The molecule has 0 spiro atoms. The fourth-order valence-electron chi connectivity index (χ4n) is 1.66. The number of nitrogens with one attached hydrogen (secondary N) is 1. The van der Waals surface area contributed by atoms with Crippen molar-refractivity contribution < 1.29 is 0 Å². The second-order valence-corrected chi connectivity index (χ2v) is 4.70. The normalized spacial score (nSPS) is 10.2. The molecule has 2 nitrogen and oxygen atoms in total. The van der Waals surface area contributed by atoms with Crippen molar-refractivity contribution in [2.75, 3.05) is 11.9 Å². The SMILES string of the molecule is Brc1cccnc1NCCCc1ccccc1. The summed E-state index contributed by atoms with van der Waals surface area (Å²) in [5.41, 5.74) is 1.38. The summed E-state index contributed by atoms with van der Waals surface area (Å²) >= 11 is 3.47. The number of nitrogens with zero attached hydrogens (tertiary/aromatic N) is 1. The van der Waals surface area contributed by atoms with Gasteiger partial charge in [0.1, 0.15) is 5.82 Å². The van der Waals surface area contributed by atoms with Crippen LogP contribution in [-0.4, -0.2) is 11.5 Å². The van der Waals surface area contributed by atoms with Gasteiger partial charge in [0.25, 0.3) is 0 Å².